The van der Waals surface area contributed by atoms with Gasteiger partial charge in [-0.1, -0.05) is 97.1 Å². The summed E-state index contributed by atoms with van der Waals surface area (Å²) < 4.78 is 0. The van der Waals surface area contributed by atoms with E-state index in [1.54, 1.807) is 48.5 Å². The molecule has 0 radical (unpaired) electrons. The third kappa shape index (κ3) is 5.16. The highest BCUT2D eigenvalue weighted by Crippen LogP contribution is 2.42. The van der Waals surface area contributed by atoms with E-state index in [-0.39, 0.29) is 23.0 Å². The smallest absolute Gasteiger partial charge is 0.115 e. The Morgan fingerprint density at radius 2 is 0.432 bits per heavy atom. The van der Waals surface area contributed by atoms with Crippen LogP contribution in [-0.2, 0) is 10.8 Å². The van der Waals surface area contributed by atoms with Crippen molar-refractivity contribution in [3.05, 3.63) is 179 Å². The third-order valence-electron chi connectivity index (χ3n) is 9.04. The minimum absolute atomic E-state index is 0.215. The van der Waals surface area contributed by atoms with Crippen LogP contribution < -0.4 is 0 Å². The van der Waals surface area contributed by atoms with Gasteiger partial charge in [-0.05, 0) is 107 Å². The fourth-order valence-corrected chi connectivity index (χ4v) is 6.17. The monoisotopic (exact) mass is 578 g/mol. The standard InChI is InChI=1S/C40H34O4/c1-39(31-11-19-35(41)20-12-31,32-13-21-36(42)22-14-32)29-7-3-27(4-8-29)28-5-9-30(10-6-28)40(2,33-15-23-37(43)24-16-33)34-17-25-38(44)26-18-34/h3-26,41-44H,1-2H3. The highest BCUT2D eigenvalue weighted by Gasteiger charge is 2.32. The summed E-state index contributed by atoms with van der Waals surface area (Å²) in [4.78, 5) is 0. The van der Waals surface area contributed by atoms with E-state index in [4.69, 9.17) is 0 Å². The maximum atomic E-state index is 9.93. The summed E-state index contributed by atoms with van der Waals surface area (Å²) in [6, 6.07) is 46.2. The Hall–Kier alpha value is -5.48. The average molecular weight is 579 g/mol. The van der Waals surface area contributed by atoms with Gasteiger partial charge in [0.1, 0.15) is 23.0 Å². The molecule has 218 valence electrons. The molecule has 0 saturated heterocycles. The molecule has 4 nitrogen and oxygen atoms in total. The first-order chi connectivity index (χ1) is 21.2. The summed E-state index contributed by atoms with van der Waals surface area (Å²) in [7, 11) is 0. The second-order valence-electron chi connectivity index (χ2n) is 11.6. The van der Waals surface area contributed by atoms with Gasteiger partial charge in [-0.15, -0.1) is 0 Å². The van der Waals surface area contributed by atoms with E-state index in [1.807, 2.05) is 48.5 Å². The van der Waals surface area contributed by atoms with Gasteiger partial charge in [-0.25, -0.2) is 0 Å². The number of benzene rings is 6. The number of rotatable bonds is 7. The predicted molar refractivity (Wildman–Crippen MR) is 175 cm³/mol. The van der Waals surface area contributed by atoms with Gasteiger partial charge in [0.05, 0.1) is 0 Å². The quantitative estimate of drug-likeness (QED) is 0.143. The van der Waals surface area contributed by atoms with Crippen LogP contribution in [0.4, 0.5) is 0 Å². The summed E-state index contributed by atoms with van der Waals surface area (Å²) >= 11 is 0. The van der Waals surface area contributed by atoms with Gasteiger partial charge in [0.15, 0.2) is 0 Å². The Balaban J connectivity index is 1.37. The normalized spacial score (nSPS) is 11.8. The molecule has 0 atom stereocenters. The summed E-state index contributed by atoms with van der Waals surface area (Å²) in [6.45, 7) is 4.31. The van der Waals surface area contributed by atoms with E-state index in [1.165, 1.54) is 0 Å². The Morgan fingerprint density at radius 3 is 0.614 bits per heavy atom. The molecule has 44 heavy (non-hydrogen) atoms. The summed E-state index contributed by atoms with van der Waals surface area (Å²) in [5, 5.41) is 39.7. The third-order valence-corrected chi connectivity index (χ3v) is 9.04. The van der Waals surface area contributed by atoms with Crippen molar-refractivity contribution < 1.29 is 20.4 Å². The SMILES string of the molecule is CC(c1ccc(O)cc1)(c1ccc(O)cc1)c1ccc(-c2ccc(C(C)(c3ccc(O)cc3)c3ccc(O)cc3)cc2)cc1. The second-order valence-corrected chi connectivity index (χ2v) is 11.6. The largest absolute Gasteiger partial charge is 0.508 e. The molecular formula is C40H34O4. The van der Waals surface area contributed by atoms with Gasteiger partial charge in [-0.2, -0.15) is 0 Å². The lowest BCUT2D eigenvalue weighted by atomic mass is 9.70. The second kappa shape index (κ2) is 11.3. The molecule has 4 N–H and O–H groups in total. The maximum Gasteiger partial charge on any atom is 0.115 e. The van der Waals surface area contributed by atoms with Crippen LogP contribution in [0.25, 0.3) is 11.1 Å². The number of aromatic hydroxyl groups is 4. The molecule has 0 spiro atoms. The first kappa shape index (κ1) is 28.6. The van der Waals surface area contributed by atoms with Crippen LogP contribution in [0.15, 0.2) is 146 Å². The maximum absolute atomic E-state index is 9.93. The molecule has 4 heteroatoms. The van der Waals surface area contributed by atoms with Gasteiger partial charge >= 0.3 is 0 Å². The fraction of sp³-hybridized carbons (Fsp3) is 0.100. The van der Waals surface area contributed by atoms with E-state index in [0.717, 1.165) is 44.5 Å². The topological polar surface area (TPSA) is 80.9 Å². The molecule has 0 amide bonds. The molecule has 0 aliphatic carbocycles. The number of hydrogen-bond acceptors (Lipinski definition) is 4. The van der Waals surface area contributed by atoms with Gasteiger partial charge in [0.25, 0.3) is 0 Å². The zero-order chi connectivity index (χ0) is 30.9. The predicted octanol–water partition coefficient (Wildman–Crippen LogP) is 8.88. The Labute approximate surface area is 257 Å². The van der Waals surface area contributed by atoms with Crippen LogP contribution in [-0.4, -0.2) is 20.4 Å². The van der Waals surface area contributed by atoms with Crippen molar-refractivity contribution in [1.82, 2.24) is 0 Å². The van der Waals surface area contributed by atoms with Crippen LogP contribution in [0.1, 0.15) is 47.2 Å². The van der Waals surface area contributed by atoms with Crippen LogP contribution in [0.2, 0.25) is 0 Å². The van der Waals surface area contributed by atoms with E-state index in [0.29, 0.717) is 0 Å². The van der Waals surface area contributed by atoms with Crippen molar-refractivity contribution in [1.29, 1.82) is 0 Å². The molecule has 0 heterocycles. The zero-order valence-electron chi connectivity index (χ0n) is 24.6. The first-order valence-electron chi connectivity index (χ1n) is 14.6. The van der Waals surface area contributed by atoms with E-state index in [9.17, 15) is 20.4 Å². The molecule has 0 aromatic heterocycles. The van der Waals surface area contributed by atoms with Crippen LogP contribution in [0.5, 0.6) is 23.0 Å². The van der Waals surface area contributed by atoms with E-state index < -0.39 is 10.8 Å². The number of phenolic OH excluding ortho intramolecular Hbond substituents is 4. The number of hydrogen-bond donors (Lipinski definition) is 4. The van der Waals surface area contributed by atoms with Crippen molar-refractivity contribution in [2.75, 3.05) is 0 Å². The van der Waals surface area contributed by atoms with Crippen LogP contribution in [0, 0.1) is 0 Å². The minimum Gasteiger partial charge on any atom is -0.508 e. The van der Waals surface area contributed by atoms with Crippen LogP contribution in [0.3, 0.4) is 0 Å². The lowest BCUT2D eigenvalue weighted by Gasteiger charge is -2.32. The molecule has 0 saturated carbocycles. The Bertz CT molecular complexity index is 1620. The molecule has 6 aromatic rings. The summed E-state index contributed by atoms with van der Waals surface area (Å²) in [6.07, 6.45) is 0. The molecule has 0 aliphatic heterocycles. The Morgan fingerprint density at radius 1 is 0.273 bits per heavy atom. The highest BCUT2D eigenvalue weighted by molar-refractivity contribution is 5.66. The average Bonchev–Trinajstić information content (AvgIpc) is 3.05. The summed E-state index contributed by atoms with van der Waals surface area (Å²) in [5.74, 6) is 0.861. The molecule has 0 aliphatic rings. The van der Waals surface area contributed by atoms with E-state index >= 15 is 0 Å². The lowest BCUT2D eigenvalue weighted by molar-refractivity contribution is 0.473. The van der Waals surface area contributed by atoms with Crippen molar-refractivity contribution in [2.45, 2.75) is 24.7 Å². The fourth-order valence-electron chi connectivity index (χ4n) is 6.17. The molecular weight excluding hydrogens is 544 g/mol. The van der Waals surface area contributed by atoms with Gasteiger partial charge in [0, 0.05) is 10.8 Å². The van der Waals surface area contributed by atoms with Gasteiger partial charge in [0.2, 0.25) is 0 Å². The summed E-state index contributed by atoms with van der Waals surface area (Å²) in [5.41, 5.74) is 7.41. The van der Waals surface area contributed by atoms with Crippen molar-refractivity contribution in [2.24, 2.45) is 0 Å². The van der Waals surface area contributed by atoms with Crippen molar-refractivity contribution in [3.8, 4) is 34.1 Å². The minimum atomic E-state index is -0.514. The highest BCUT2D eigenvalue weighted by atomic mass is 16.3. The zero-order valence-corrected chi connectivity index (χ0v) is 24.6. The molecule has 0 fully saturated rings. The van der Waals surface area contributed by atoms with Gasteiger partial charge < -0.3 is 20.4 Å². The molecule has 6 rings (SSSR count). The van der Waals surface area contributed by atoms with Crippen LogP contribution >= 0.6 is 0 Å². The van der Waals surface area contributed by atoms with Crippen molar-refractivity contribution >= 4 is 0 Å². The Kier molecular flexibility index (Phi) is 7.36. The van der Waals surface area contributed by atoms with Crippen molar-refractivity contribution in [3.63, 3.8) is 0 Å². The molecule has 0 bridgehead atoms. The molecule has 6 aromatic carbocycles. The number of phenols is 4. The van der Waals surface area contributed by atoms with E-state index in [2.05, 4.69) is 62.4 Å². The lowest BCUT2D eigenvalue weighted by Crippen LogP contribution is -2.25. The van der Waals surface area contributed by atoms with Gasteiger partial charge in [-0.3, -0.25) is 0 Å². The molecule has 0 unspecified atom stereocenters. The first-order valence-corrected chi connectivity index (χ1v) is 14.6.